The minimum absolute atomic E-state index is 0.0627. The van der Waals surface area contributed by atoms with E-state index in [9.17, 15) is 9.59 Å². The maximum atomic E-state index is 11.3. The molecule has 6 nitrogen and oxygen atoms in total. The Morgan fingerprint density at radius 2 is 1.85 bits per heavy atom. The van der Waals surface area contributed by atoms with Gasteiger partial charge in [-0.1, -0.05) is 18.6 Å². The molecule has 2 aromatic rings. The Kier molecular flexibility index (Phi) is 6.87. The highest BCUT2D eigenvalue weighted by Gasteiger charge is 2.16. The van der Waals surface area contributed by atoms with Crippen LogP contribution in [0.15, 0.2) is 33.9 Å². The molecule has 1 aliphatic heterocycles. The quantitative estimate of drug-likeness (QED) is 0.493. The van der Waals surface area contributed by atoms with E-state index in [-0.39, 0.29) is 11.4 Å². The maximum Gasteiger partial charge on any atom is 0.253 e. The van der Waals surface area contributed by atoms with E-state index < -0.39 is 10.9 Å². The van der Waals surface area contributed by atoms with Gasteiger partial charge in [-0.15, -0.1) is 0 Å². The van der Waals surface area contributed by atoms with Crippen molar-refractivity contribution in [3.05, 3.63) is 50.3 Å². The Bertz CT molecular complexity index is 805. The highest BCUT2D eigenvalue weighted by molar-refractivity contribution is 5.71. The molecule has 27 heavy (non-hydrogen) atoms. The molecule has 146 valence electrons. The van der Waals surface area contributed by atoms with E-state index in [1.807, 2.05) is 6.07 Å². The van der Waals surface area contributed by atoms with Crippen molar-refractivity contribution in [3.63, 3.8) is 0 Å². The maximum absolute atomic E-state index is 11.3. The van der Waals surface area contributed by atoms with Crippen molar-refractivity contribution in [2.45, 2.75) is 45.1 Å². The second-order valence-corrected chi connectivity index (χ2v) is 7.27. The van der Waals surface area contributed by atoms with E-state index >= 15 is 0 Å². The van der Waals surface area contributed by atoms with Crippen molar-refractivity contribution < 1.29 is 4.74 Å². The normalized spacial score (nSPS) is 15.1. The van der Waals surface area contributed by atoms with Gasteiger partial charge in [0.2, 0.25) is 0 Å². The number of nitrogens with one attached hydrogen (secondary N) is 1. The number of anilines is 2. The van der Waals surface area contributed by atoms with Gasteiger partial charge in [-0.2, -0.15) is 0 Å². The number of rotatable bonds is 10. The number of hydrogen-bond donors (Lipinski definition) is 2. The monoisotopic (exact) mass is 371 g/mol. The number of unbranched alkanes of at least 4 members (excludes halogenated alkanes) is 2. The standard InChI is InChI=1S/C21H29N3O3/c22-18-19(21(26)20(18)25)23-10-3-1-6-13-27-17-9-7-8-16(14-17)15-24-11-4-2-5-12-24/h7-9,14,23H,1-6,10-13,15,22H2. The molecule has 1 saturated heterocycles. The molecule has 6 heteroatoms. The zero-order chi connectivity index (χ0) is 19.1. The molecular formula is C21H29N3O3. The van der Waals surface area contributed by atoms with E-state index in [1.54, 1.807) is 0 Å². The number of nitrogen functional groups attached to an aromatic ring is 1. The zero-order valence-electron chi connectivity index (χ0n) is 15.8. The van der Waals surface area contributed by atoms with E-state index in [2.05, 4.69) is 28.4 Å². The predicted octanol–water partition coefficient (Wildman–Crippen LogP) is 2.51. The molecule has 0 spiro atoms. The van der Waals surface area contributed by atoms with Crippen molar-refractivity contribution in [1.82, 2.24) is 4.90 Å². The van der Waals surface area contributed by atoms with Crippen LogP contribution in [0.5, 0.6) is 5.75 Å². The number of ether oxygens (including phenoxy) is 1. The first kappa shape index (κ1) is 19.4. The molecule has 0 radical (unpaired) electrons. The van der Waals surface area contributed by atoms with Gasteiger partial charge in [0.15, 0.2) is 0 Å². The fourth-order valence-electron chi connectivity index (χ4n) is 3.50. The Morgan fingerprint density at radius 1 is 1.04 bits per heavy atom. The third-order valence-corrected chi connectivity index (χ3v) is 5.09. The fourth-order valence-corrected chi connectivity index (χ4v) is 3.50. The van der Waals surface area contributed by atoms with Gasteiger partial charge in [-0.25, -0.2) is 0 Å². The van der Waals surface area contributed by atoms with Crippen molar-refractivity contribution in [3.8, 4) is 5.75 Å². The Labute approximate surface area is 160 Å². The van der Waals surface area contributed by atoms with Crippen molar-refractivity contribution in [2.75, 3.05) is 37.3 Å². The number of nitrogens with two attached hydrogens (primary N) is 1. The molecule has 3 rings (SSSR count). The highest BCUT2D eigenvalue weighted by Crippen LogP contribution is 2.18. The summed E-state index contributed by atoms with van der Waals surface area (Å²) in [5.41, 5.74) is 6.05. The minimum atomic E-state index is -0.576. The third kappa shape index (κ3) is 5.32. The number of piperidine rings is 1. The fraction of sp³-hybridized carbons (Fsp3) is 0.524. The number of hydrogen-bond acceptors (Lipinski definition) is 6. The summed E-state index contributed by atoms with van der Waals surface area (Å²) in [5.74, 6) is 0.930. The first-order chi connectivity index (χ1) is 13.1. The molecule has 0 atom stereocenters. The summed E-state index contributed by atoms with van der Waals surface area (Å²) in [6.45, 7) is 4.71. The van der Waals surface area contributed by atoms with Crippen molar-refractivity contribution >= 4 is 11.4 Å². The van der Waals surface area contributed by atoms with Crippen LogP contribution >= 0.6 is 0 Å². The topological polar surface area (TPSA) is 84.7 Å². The van der Waals surface area contributed by atoms with Gasteiger partial charge < -0.3 is 15.8 Å². The summed E-state index contributed by atoms with van der Waals surface area (Å²) >= 11 is 0. The first-order valence-electron chi connectivity index (χ1n) is 9.92. The number of benzene rings is 1. The van der Waals surface area contributed by atoms with Gasteiger partial charge in [0, 0.05) is 13.1 Å². The Hall–Kier alpha value is -2.34. The van der Waals surface area contributed by atoms with Crippen LogP contribution in [-0.2, 0) is 6.54 Å². The Morgan fingerprint density at radius 3 is 2.63 bits per heavy atom. The molecule has 1 fully saturated rings. The molecule has 0 bridgehead atoms. The largest absolute Gasteiger partial charge is 0.494 e. The highest BCUT2D eigenvalue weighted by atomic mass is 16.5. The summed E-state index contributed by atoms with van der Waals surface area (Å²) < 4.78 is 5.88. The van der Waals surface area contributed by atoms with Gasteiger partial charge in [0.05, 0.1) is 6.61 Å². The van der Waals surface area contributed by atoms with Crippen LogP contribution in [-0.4, -0.2) is 31.1 Å². The van der Waals surface area contributed by atoms with Crippen LogP contribution in [0.1, 0.15) is 44.1 Å². The average molecular weight is 371 g/mol. The lowest BCUT2D eigenvalue weighted by molar-refractivity contribution is 0.220. The van der Waals surface area contributed by atoms with E-state index in [4.69, 9.17) is 10.5 Å². The third-order valence-electron chi connectivity index (χ3n) is 5.09. The van der Waals surface area contributed by atoms with Crippen LogP contribution < -0.4 is 26.6 Å². The number of nitrogens with zero attached hydrogens (tertiary/aromatic N) is 1. The average Bonchev–Trinajstić information content (AvgIpc) is 2.70. The summed E-state index contributed by atoms with van der Waals surface area (Å²) in [6.07, 6.45) is 6.79. The molecule has 0 aliphatic carbocycles. The smallest absolute Gasteiger partial charge is 0.253 e. The summed E-state index contributed by atoms with van der Waals surface area (Å²) in [5, 5.41) is 2.94. The molecule has 3 N–H and O–H groups in total. The van der Waals surface area contributed by atoms with Crippen LogP contribution in [0.3, 0.4) is 0 Å². The van der Waals surface area contributed by atoms with E-state index in [1.165, 1.54) is 37.9 Å². The number of likely N-dealkylation sites (tertiary alicyclic amines) is 1. The Balaban J connectivity index is 1.30. The molecule has 0 unspecified atom stereocenters. The zero-order valence-corrected chi connectivity index (χ0v) is 15.8. The van der Waals surface area contributed by atoms with Gasteiger partial charge in [0.25, 0.3) is 10.9 Å². The molecule has 0 aromatic heterocycles. The minimum Gasteiger partial charge on any atom is -0.494 e. The van der Waals surface area contributed by atoms with Crippen LogP contribution in [0, 0.1) is 0 Å². The SMILES string of the molecule is Nc1c(NCCCCCOc2cccc(CN3CCCCC3)c2)c(=O)c1=O. The second kappa shape index (κ2) is 9.55. The summed E-state index contributed by atoms with van der Waals surface area (Å²) in [4.78, 5) is 24.8. The molecule has 0 amide bonds. The second-order valence-electron chi connectivity index (χ2n) is 7.27. The summed E-state index contributed by atoms with van der Waals surface area (Å²) in [6, 6.07) is 8.38. The lowest BCUT2D eigenvalue weighted by Gasteiger charge is -2.26. The van der Waals surface area contributed by atoms with Crippen LogP contribution in [0.25, 0.3) is 0 Å². The van der Waals surface area contributed by atoms with Gasteiger partial charge in [-0.05, 0) is 62.9 Å². The van der Waals surface area contributed by atoms with Crippen molar-refractivity contribution in [2.24, 2.45) is 0 Å². The van der Waals surface area contributed by atoms with Crippen LogP contribution in [0.4, 0.5) is 11.4 Å². The first-order valence-corrected chi connectivity index (χ1v) is 9.92. The van der Waals surface area contributed by atoms with Gasteiger partial charge in [-0.3, -0.25) is 14.5 Å². The van der Waals surface area contributed by atoms with E-state index in [0.717, 1.165) is 31.6 Å². The lowest BCUT2D eigenvalue weighted by atomic mass is 10.1. The lowest BCUT2D eigenvalue weighted by Crippen LogP contribution is -2.37. The summed E-state index contributed by atoms with van der Waals surface area (Å²) in [7, 11) is 0. The van der Waals surface area contributed by atoms with Gasteiger partial charge >= 0.3 is 0 Å². The van der Waals surface area contributed by atoms with Crippen molar-refractivity contribution in [1.29, 1.82) is 0 Å². The molecule has 1 heterocycles. The molecule has 2 aromatic carbocycles. The predicted molar refractivity (Wildman–Crippen MR) is 109 cm³/mol. The molecule has 0 saturated carbocycles. The van der Waals surface area contributed by atoms with Gasteiger partial charge in [0.1, 0.15) is 17.1 Å². The molecule has 1 aliphatic rings. The van der Waals surface area contributed by atoms with Crippen LogP contribution in [0.2, 0.25) is 0 Å². The van der Waals surface area contributed by atoms with E-state index in [0.29, 0.717) is 13.2 Å². The molecular weight excluding hydrogens is 342 g/mol.